The Kier molecular flexibility index (Phi) is 5.22. The molecule has 6 nitrogen and oxygen atoms in total. The fourth-order valence-corrected chi connectivity index (χ4v) is 4.81. The molecule has 0 bridgehead atoms. The molecule has 132 valence electrons. The molecular formula is C17H24N2O4S. The molecule has 1 atom stereocenters. The van der Waals surface area contributed by atoms with Crippen LogP contribution in [0, 0.1) is 0 Å². The van der Waals surface area contributed by atoms with Crippen molar-refractivity contribution in [2.75, 3.05) is 32.8 Å². The van der Waals surface area contributed by atoms with Crippen molar-refractivity contribution in [3.8, 4) is 0 Å². The molecule has 0 spiro atoms. The van der Waals surface area contributed by atoms with Gasteiger partial charge in [-0.25, -0.2) is 8.42 Å². The average Bonchev–Trinajstić information content (AvgIpc) is 3.10. The molecule has 0 aromatic heterocycles. The van der Waals surface area contributed by atoms with Gasteiger partial charge < -0.3 is 9.64 Å². The first-order valence-corrected chi connectivity index (χ1v) is 9.97. The lowest BCUT2D eigenvalue weighted by Crippen LogP contribution is -2.40. The van der Waals surface area contributed by atoms with Gasteiger partial charge >= 0.3 is 0 Å². The van der Waals surface area contributed by atoms with Crippen LogP contribution in [0.5, 0.6) is 0 Å². The fraction of sp³-hybridized carbons (Fsp3) is 0.588. The van der Waals surface area contributed by atoms with Crippen LogP contribution < -0.4 is 0 Å². The first kappa shape index (κ1) is 17.4. The highest BCUT2D eigenvalue weighted by atomic mass is 32.2. The molecule has 2 fully saturated rings. The van der Waals surface area contributed by atoms with Gasteiger partial charge in [-0.3, -0.25) is 4.79 Å². The van der Waals surface area contributed by atoms with E-state index in [-0.39, 0.29) is 10.8 Å². The van der Waals surface area contributed by atoms with E-state index >= 15 is 0 Å². The Morgan fingerprint density at radius 3 is 2.46 bits per heavy atom. The summed E-state index contributed by atoms with van der Waals surface area (Å²) in [6.07, 6.45) is 3.04. The number of sulfonamides is 1. The molecule has 1 aromatic rings. The van der Waals surface area contributed by atoms with Crippen molar-refractivity contribution in [3.05, 3.63) is 29.8 Å². The van der Waals surface area contributed by atoms with Crippen LogP contribution in [0.2, 0.25) is 0 Å². The monoisotopic (exact) mass is 352 g/mol. The maximum absolute atomic E-state index is 12.6. The smallest absolute Gasteiger partial charge is 0.254 e. The van der Waals surface area contributed by atoms with Gasteiger partial charge in [0.25, 0.3) is 5.91 Å². The molecular weight excluding hydrogens is 328 g/mol. The summed E-state index contributed by atoms with van der Waals surface area (Å²) in [5.41, 5.74) is 0.552. The Bertz CT molecular complexity index is 681. The minimum atomic E-state index is -3.51. The van der Waals surface area contributed by atoms with Crippen molar-refractivity contribution in [2.24, 2.45) is 0 Å². The van der Waals surface area contributed by atoms with E-state index < -0.39 is 10.0 Å². The number of nitrogens with zero attached hydrogens (tertiary/aromatic N) is 2. The van der Waals surface area contributed by atoms with Crippen molar-refractivity contribution in [2.45, 2.75) is 37.1 Å². The third-order valence-electron chi connectivity index (χ3n) is 4.82. The molecule has 2 saturated heterocycles. The number of benzene rings is 1. The number of hydrogen-bond acceptors (Lipinski definition) is 4. The zero-order valence-corrected chi connectivity index (χ0v) is 14.8. The van der Waals surface area contributed by atoms with Crippen molar-refractivity contribution in [1.82, 2.24) is 9.21 Å². The predicted molar refractivity (Wildman–Crippen MR) is 90.4 cm³/mol. The number of carbonyl (C=O) groups excluding carboxylic acids is 1. The third kappa shape index (κ3) is 3.34. The highest BCUT2D eigenvalue weighted by Gasteiger charge is 2.29. The summed E-state index contributed by atoms with van der Waals surface area (Å²) >= 11 is 0. The van der Waals surface area contributed by atoms with Crippen LogP contribution in [-0.2, 0) is 14.8 Å². The van der Waals surface area contributed by atoms with E-state index in [1.807, 2.05) is 4.90 Å². The normalized spacial score (nSPS) is 22.7. The molecule has 3 rings (SSSR count). The van der Waals surface area contributed by atoms with E-state index in [1.165, 1.54) is 16.4 Å². The third-order valence-corrected chi connectivity index (χ3v) is 6.73. The van der Waals surface area contributed by atoms with Crippen LogP contribution >= 0.6 is 0 Å². The van der Waals surface area contributed by atoms with Crippen LogP contribution in [0.4, 0.5) is 0 Å². The van der Waals surface area contributed by atoms with Gasteiger partial charge in [0, 0.05) is 31.2 Å². The van der Waals surface area contributed by atoms with Gasteiger partial charge in [-0.15, -0.1) is 0 Å². The molecule has 2 aliphatic rings. The van der Waals surface area contributed by atoms with E-state index in [2.05, 4.69) is 6.92 Å². The number of likely N-dealkylation sites (tertiary alicyclic amines) is 1. The number of hydrogen-bond donors (Lipinski definition) is 0. The zero-order chi connectivity index (χ0) is 17.2. The summed E-state index contributed by atoms with van der Waals surface area (Å²) in [6, 6.07) is 6.63. The molecule has 2 aliphatic heterocycles. The lowest BCUT2D eigenvalue weighted by Gasteiger charge is -2.26. The lowest BCUT2D eigenvalue weighted by molar-refractivity contribution is 0.0730. The molecule has 0 radical (unpaired) electrons. The Morgan fingerprint density at radius 2 is 1.83 bits per heavy atom. The first-order chi connectivity index (χ1) is 11.5. The summed E-state index contributed by atoms with van der Waals surface area (Å²) in [4.78, 5) is 14.8. The zero-order valence-electron chi connectivity index (χ0n) is 14.0. The Balaban J connectivity index is 1.76. The van der Waals surface area contributed by atoms with Crippen molar-refractivity contribution >= 4 is 15.9 Å². The van der Waals surface area contributed by atoms with Gasteiger partial charge in [0.2, 0.25) is 10.0 Å². The van der Waals surface area contributed by atoms with E-state index in [4.69, 9.17) is 4.74 Å². The summed E-state index contributed by atoms with van der Waals surface area (Å²) in [6.45, 7) is 4.45. The van der Waals surface area contributed by atoms with Crippen molar-refractivity contribution in [1.29, 1.82) is 0 Å². The van der Waals surface area contributed by atoms with Crippen molar-refractivity contribution < 1.29 is 17.9 Å². The number of ether oxygens (including phenoxy) is 1. The number of carbonyl (C=O) groups is 1. The minimum Gasteiger partial charge on any atom is -0.379 e. The van der Waals surface area contributed by atoms with E-state index in [9.17, 15) is 13.2 Å². The molecule has 0 aliphatic carbocycles. The van der Waals surface area contributed by atoms with E-state index in [1.54, 1.807) is 12.1 Å². The second kappa shape index (κ2) is 7.21. The topological polar surface area (TPSA) is 66.9 Å². The number of morpholine rings is 1. The largest absolute Gasteiger partial charge is 0.379 e. The Hall–Kier alpha value is -1.44. The van der Waals surface area contributed by atoms with Crippen molar-refractivity contribution in [3.63, 3.8) is 0 Å². The molecule has 24 heavy (non-hydrogen) atoms. The second-order valence-electron chi connectivity index (χ2n) is 6.24. The Labute approximate surface area is 143 Å². The van der Waals surface area contributed by atoms with Crippen LogP contribution in [0.25, 0.3) is 0 Å². The summed E-state index contributed by atoms with van der Waals surface area (Å²) in [7, 11) is -3.51. The summed E-state index contributed by atoms with van der Waals surface area (Å²) < 4.78 is 31.8. The van der Waals surface area contributed by atoms with Gasteiger partial charge in [0.15, 0.2) is 0 Å². The highest BCUT2D eigenvalue weighted by molar-refractivity contribution is 7.89. The minimum absolute atomic E-state index is 0.00493. The van der Waals surface area contributed by atoms with Gasteiger partial charge in [-0.1, -0.05) is 6.92 Å². The van der Waals surface area contributed by atoms with Crippen LogP contribution in [0.1, 0.15) is 36.5 Å². The first-order valence-electron chi connectivity index (χ1n) is 8.53. The van der Waals surface area contributed by atoms with Gasteiger partial charge in [-0.2, -0.15) is 4.31 Å². The standard InChI is InChI=1S/C17H24N2O4S/c1-2-15-4-3-9-19(15)17(20)14-5-7-16(8-6-14)24(21,22)18-10-12-23-13-11-18/h5-8,15H,2-4,9-13H2,1H3. The molecule has 1 unspecified atom stereocenters. The maximum atomic E-state index is 12.6. The summed E-state index contributed by atoms with van der Waals surface area (Å²) in [5.74, 6) is -0.00493. The van der Waals surface area contributed by atoms with Gasteiger partial charge in [0.1, 0.15) is 0 Å². The van der Waals surface area contributed by atoms with Gasteiger partial charge in [0.05, 0.1) is 18.1 Å². The van der Waals surface area contributed by atoms with E-state index in [0.29, 0.717) is 37.9 Å². The van der Waals surface area contributed by atoms with Crippen LogP contribution in [0.15, 0.2) is 29.2 Å². The molecule has 0 saturated carbocycles. The molecule has 1 aromatic carbocycles. The molecule has 1 amide bonds. The summed E-state index contributed by atoms with van der Waals surface area (Å²) in [5, 5.41) is 0. The van der Waals surface area contributed by atoms with E-state index in [0.717, 1.165) is 25.8 Å². The highest BCUT2D eigenvalue weighted by Crippen LogP contribution is 2.23. The van der Waals surface area contributed by atoms with Gasteiger partial charge in [-0.05, 0) is 43.5 Å². The Morgan fingerprint density at radius 1 is 1.17 bits per heavy atom. The SMILES string of the molecule is CCC1CCCN1C(=O)c1ccc(S(=O)(=O)N2CCOCC2)cc1. The molecule has 7 heteroatoms. The lowest BCUT2D eigenvalue weighted by atomic mass is 10.1. The molecule has 0 N–H and O–H groups in total. The average molecular weight is 352 g/mol. The number of rotatable bonds is 4. The number of amides is 1. The second-order valence-corrected chi connectivity index (χ2v) is 8.18. The quantitative estimate of drug-likeness (QED) is 0.828. The van der Waals surface area contributed by atoms with Crippen LogP contribution in [0.3, 0.4) is 0 Å². The predicted octanol–water partition coefficient (Wildman–Crippen LogP) is 1.72. The van der Waals surface area contributed by atoms with Crippen LogP contribution in [-0.4, -0.2) is 62.4 Å². The molecule has 2 heterocycles. The maximum Gasteiger partial charge on any atom is 0.254 e. The fourth-order valence-electron chi connectivity index (χ4n) is 3.40.